The van der Waals surface area contributed by atoms with Crippen LogP contribution >= 0.6 is 11.3 Å². The number of hydrogen-bond donors (Lipinski definition) is 1. The van der Waals surface area contributed by atoms with Gasteiger partial charge in [-0.15, -0.1) is 11.3 Å². The van der Waals surface area contributed by atoms with E-state index >= 15 is 0 Å². The van der Waals surface area contributed by atoms with Crippen molar-refractivity contribution in [2.75, 3.05) is 11.9 Å². The monoisotopic (exact) mass is 381 g/mol. The Morgan fingerprint density at radius 2 is 1.81 bits per heavy atom. The Balaban J connectivity index is 2.31. The number of rotatable bonds is 6. The maximum absolute atomic E-state index is 12.6. The van der Waals surface area contributed by atoms with Crippen LogP contribution in [0.15, 0.2) is 0 Å². The number of hydrogen-bond acceptors (Lipinski definition) is 6. The fourth-order valence-corrected chi connectivity index (χ4v) is 4.17. The van der Waals surface area contributed by atoms with Crippen LogP contribution in [0.3, 0.4) is 0 Å². The highest BCUT2D eigenvalue weighted by atomic mass is 32.1. The standard InChI is InChI=1S/C19H27NO5S/c1-5-24-18(22)14-12(4)15(19(23)25-11(2)3)26-17(14)20-16(21)13-9-7-6-8-10-13/h11,13H,5-10H2,1-4H3,(H,20,21). The Morgan fingerprint density at radius 1 is 1.15 bits per heavy atom. The minimum absolute atomic E-state index is 0.0488. The zero-order chi connectivity index (χ0) is 19.3. The molecule has 1 N–H and O–H groups in total. The summed E-state index contributed by atoms with van der Waals surface area (Å²) < 4.78 is 10.4. The molecule has 0 radical (unpaired) electrons. The van der Waals surface area contributed by atoms with Crippen LogP contribution in [-0.4, -0.2) is 30.6 Å². The van der Waals surface area contributed by atoms with Gasteiger partial charge in [0.15, 0.2) is 0 Å². The first kappa shape index (κ1) is 20.4. The SMILES string of the molecule is CCOC(=O)c1c(NC(=O)C2CCCCC2)sc(C(=O)OC(C)C)c1C. The normalized spacial score (nSPS) is 15.0. The average Bonchev–Trinajstić information content (AvgIpc) is 2.91. The molecule has 1 amide bonds. The Morgan fingerprint density at radius 3 is 2.38 bits per heavy atom. The minimum atomic E-state index is -0.538. The molecule has 0 aliphatic heterocycles. The highest BCUT2D eigenvalue weighted by Gasteiger charge is 2.29. The predicted molar refractivity (Wildman–Crippen MR) is 101 cm³/mol. The molecule has 144 valence electrons. The summed E-state index contributed by atoms with van der Waals surface area (Å²) in [7, 11) is 0. The first-order valence-electron chi connectivity index (χ1n) is 9.17. The van der Waals surface area contributed by atoms with Crippen molar-refractivity contribution in [3.8, 4) is 0 Å². The predicted octanol–water partition coefficient (Wildman–Crippen LogP) is 4.32. The maximum atomic E-state index is 12.6. The second kappa shape index (κ2) is 9.16. The number of ether oxygens (including phenoxy) is 2. The van der Waals surface area contributed by atoms with E-state index in [1.807, 2.05) is 0 Å². The zero-order valence-corrected chi connectivity index (χ0v) is 16.7. The van der Waals surface area contributed by atoms with Crippen molar-refractivity contribution < 1.29 is 23.9 Å². The molecule has 1 aliphatic carbocycles. The van der Waals surface area contributed by atoms with Gasteiger partial charge in [-0.1, -0.05) is 19.3 Å². The van der Waals surface area contributed by atoms with Crippen LogP contribution < -0.4 is 5.32 Å². The molecule has 6 nitrogen and oxygen atoms in total. The third-order valence-electron chi connectivity index (χ3n) is 4.37. The van der Waals surface area contributed by atoms with Crippen molar-refractivity contribution in [3.63, 3.8) is 0 Å². The van der Waals surface area contributed by atoms with Crippen molar-refractivity contribution in [1.82, 2.24) is 0 Å². The number of thiophene rings is 1. The van der Waals surface area contributed by atoms with Crippen LogP contribution in [0.5, 0.6) is 0 Å². The lowest BCUT2D eigenvalue weighted by atomic mass is 9.89. The molecule has 1 saturated carbocycles. The summed E-state index contributed by atoms with van der Waals surface area (Å²) in [6, 6.07) is 0. The number of carbonyl (C=O) groups is 3. The molecule has 1 heterocycles. The second-order valence-corrected chi connectivity index (χ2v) is 7.78. The van der Waals surface area contributed by atoms with Gasteiger partial charge in [0.25, 0.3) is 0 Å². The van der Waals surface area contributed by atoms with Gasteiger partial charge in [-0.2, -0.15) is 0 Å². The number of anilines is 1. The molecule has 0 spiro atoms. The Bertz CT molecular complexity index is 674. The molecule has 0 bridgehead atoms. The quantitative estimate of drug-likeness (QED) is 0.742. The van der Waals surface area contributed by atoms with E-state index in [9.17, 15) is 14.4 Å². The van der Waals surface area contributed by atoms with Crippen LogP contribution in [0.2, 0.25) is 0 Å². The lowest BCUT2D eigenvalue weighted by molar-refractivity contribution is -0.120. The summed E-state index contributed by atoms with van der Waals surface area (Å²) >= 11 is 1.08. The van der Waals surface area contributed by atoms with Crippen LogP contribution in [0, 0.1) is 12.8 Å². The number of nitrogens with one attached hydrogen (secondary N) is 1. The third kappa shape index (κ3) is 4.84. The number of esters is 2. The van der Waals surface area contributed by atoms with E-state index in [-0.39, 0.29) is 30.1 Å². The molecular formula is C19H27NO5S. The molecule has 26 heavy (non-hydrogen) atoms. The highest BCUT2D eigenvalue weighted by Crippen LogP contribution is 2.35. The number of carbonyl (C=O) groups excluding carboxylic acids is 3. The minimum Gasteiger partial charge on any atom is -0.462 e. The third-order valence-corrected chi connectivity index (χ3v) is 5.55. The van der Waals surface area contributed by atoms with Gasteiger partial charge in [0.1, 0.15) is 9.88 Å². The molecule has 0 unspecified atom stereocenters. The van der Waals surface area contributed by atoms with E-state index in [0.29, 0.717) is 15.4 Å². The van der Waals surface area contributed by atoms with Crippen molar-refractivity contribution in [2.24, 2.45) is 5.92 Å². The van der Waals surface area contributed by atoms with Gasteiger partial charge in [-0.25, -0.2) is 9.59 Å². The van der Waals surface area contributed by atoms with Gasteiger partial charge in [0.05, 0.1) is 18.3 Å². The second-order valence-electron chi connectivity index (χ2n) is 6.76. The smallest absolute Gasteiger partial charge is 0.348 e. The summed E-state index contributed by atoms with van der Waals surface area (Å²) in [6.07, 6.45) is 4.67. The Kier molecular flexibility index (Phi) is 7.20. The van der Waals surface area contributed by atoms with Crippen molar-refractivity contribution in [2.45, 2.75) is 65.9 Å². The van der Waals surface area contributed by atoms with Gasteiger partial charge in [-0.3, -0.25) is 4.79 Å². The van der Waals surface area contributed by atoms with Crippen molar-refractivity contribution in [3.05, 3.63) is 16.0 Å². The molecular weight excluding hydrogens is 354 g/mol. The lowest BCUT2D eigenvalue weighted by Gasteiger charge is -2.20. The summed E-state index contributed by atoms with van der Waals surface area (Å²) in [5.74, 6) is -1.18. The summed E-state index contributed by atoms with van der Waals surface area (Å²) in [5, 5.41) is 3.23. The molecule has 7 heteroatoms. The van der Waals surface area contributed by atoms with E-state index in [1.54, 1.807) is 27.7 Å². The largest absolute Gasteiger partial charge is 0.462 e. The van der Waals surface area contributed by atoms with E-state index < -0.39 is 11.9 Å². The van der Waals surface area contributed by atoms with Crippen LogP contribution in [-0.2, 0) is 14.3 Å². The van der Waals surface area contributed by atoms with Crippen LogP contribution in [0.25, 0.3) is 0 Å². The van der Waals surface area contributed by atoms with Crippen molar-refractivity contribution in [1.29, 1.82) is 0 Å². The first-order chi connectivity index (χ1) is 12.3. The van der Waals surface area contributed by atoms with Gasteiger partial charge < -0.3 is 14.8 Å². The Hall–Kier alpha value is -1.89. The fourth-order valence-electron chi connectivity index (χ4n) is 3.09. The lowest BCUT2D eigenvalue weighted by Crippen LogP contribution is -2.25. The van der Waals surface area contributed by atoms with Crippen molar-refractivity contribution >= 4 is 34.2 Å². The van der Waals surface area contributed by atoms with Gasteiger partial charge in [-0.05, 0) is 46.1 Å². The molecule has 1 aliphatic rings. The van der Waals surface area contributed by atoms with Crippen LogP contribution in [0.4, 0.5) is 5.00 Å². The molecule has 1 aromatic rings. The average molecular weight is 381 g/mol. The molecule has 0 aromatic carbocycles. The molecule has 0 saturated heterocycles. The van der Waals surface area contributed by atoms with E-state index in [2.05, 4.69) is 5.32 Å². The molecule has 1 aromatic heterocycles. The first-order valence-corrected chi connectivity index (χ1v) is 9.99. The van der Waals surface area contributed by atoms with E-state index in [1.165, 1.54) is 0 Å². The topological polar surface area (TPSA) is 81.7 Å². The van der Waals surface area contributed by atoms with Gasteiger partial charge in [0.2, 0.25) is 5.91 Å². The maximum Gasteiger partial charge on any atom is 0.348 e. The molecule has 0 atom stereocenters. The number of amides is 1. The summed E-state index contributed by atoms with van der Waals surface area (Å²) in [5.41, 5.74) is 0.731. The summed E-state index contributed by atoms with van der Waals surface area (Å²) in [4.78, 5) is 37.6. The van der Waals surface area contributed by atoms with E-state index in [0.717, 1.165) is 43.4 Å². The van der Waals surface area contributed by atoms with E-state index in [4.69, 9.17) is 9.47 Å². The fraction of sp³-hybridized carbons (Fsp3) is 0.632. The summed E-state index contributed by atoms with van der Waals surface area (Å²) in [6.45, 7) is 7.14. The molecule has 1 fully saturated rings. The Labute approximate surface area is 158 Å². The molecule has 2 rings (SSSR count). The van der Waals surface area contributed by atoms with Gasteiger partial charge >= 0.3 is 11.9 Å². The highest BCUT2D eigenvalue weighted by molar-refractivity contribution is 7.18. The van der Waals surface area contributed by atoms with Crippen LogP contribution in [0.1, 0.15) is 78.5 Å². The van der Waals surface area contributed by atoms with Gasteiger partial charge in [0, 0.05) is 5.92 Å². The zero-order valence-electron chi connectivity index (χ0n) is 15.8.